The quantitative estimate of drug-likeness (QED) is 0.511. The lowest BCUT2D eigenvalue weighted by Gasteiger charge is -2.26. The molecular formula is C7H12O4. The average Bonchev–Trinajstić information content (AvgIpc) is 2.42. The summed E-state index contributed by atoms with van der Waals surface area (Å²) in [6, 6.07) is 0. The van der Waals surface area contributed by atoms with Gasteiger partial charge in [0.25, 0.3) is 0 Å². The van der Waals surface area contributed by atoms with Crippen LogP contribution in [0.5, 0.6) is 0 Å². The third kappa shape index (κ3) is 0.780. The summed E-state index contributed by atoms with van der Waals surface area (Å²) in [6.07, 6.45) is -1.02. The van der Waals surface area contributed by atoms with E-state index >= 15 is 0 Å². The molecule has 4 nitrogen and oxygen atoms in total. The standard InChI is InChI=1S/C7H12O4/c1-4-5-6(9)7(2-8,11-4)3-10-5/h4-6,8-9H,2-3H2,1H3/t4-,5-,6?,7+/m1/s1. The van der Waals surface area contributed by atoms with Crippen LogP contribution in [-0.4, -0.2) is 47.3 Å². The molecule has 2 aliphatic heterocycles. The molecule has 2 aliphatic rings. The topological polar surface area (TPSA) is 58.9 Å². The molecule has 2 heterocycles. The van der Waals surface area contributed by atoms with E-state index in [2.05, 4.69) is 0 Å². The highest BCUT2D eigenvalue weighted by Gasteiger charge is 2.59. The van der Waals surface area contributed by atoms with Gasteiger partial charge in [-0.05, 0) is 6.92 Å². The van der Waals surface area contributed by atoms with Crippen molar-refractivity contribution in [1.29, 1.82) is 0 Å². The minimum atomic E-state index is -0.829. The third-order valence-corrected chi connectivity index (χ3v) is 2.52. The molecule has 2 bridgehead atoms. The summed E-state index contributed by atoms with van der Waals surface area (Å²) in [4.78, 5) is 0. The Morgan fingerprint density at radius 2 is 2.36 bits per heavy atom. The first-order valence-electron chi connectivity index (χ1n) is 3.78. The summed E-state index contributed by atoms with van der Waals surface area (Å²) in [6.45, 7) is 1.97. The second kappa shape index (κ2) is 2.17. The zero-order chi connectivity index (χ0) is 8.06. The van der Waals surface area contributed by atoms with Crippen LogP contribution < -0.4 is 0 Å². The van der Waals surface area contributed by atoms with Crippen molar-refractivity contribution in [2.45, 2.75) is 30.8 Å². The fourth-order valence-electron chi connectivity index (χ4n) is 1.82. The molecule has 0 aliphatic carbocycles. The van der Waals surface area contributed by atoms with Crippen LogP contribution in [0.15, 0.2) is 0 Å². The first-order valence-corrected chi connectivity index (χ1v) is 3.78. The van der Waals surface area contributed by atoms with Crippen molar-refractivity contribution in [3.8, 4) is 0 Å². The molecule has 2 fully saturated rings. The Bertz CT molecular complexity index is 172. The number of hydrogen-bond acceptors (Lipinski definition) is 4. The van der Waals surface area contributed by atoms with E-state index in [0.717, 1.165) is 0 Å². The van der Waals surface area contributed by atoms with Gasteiger partial charge in [0.15, 0.2) is 0 Å². The largest absolute Gasteiger partial charge is 0.393 e. The molecule has 4 atom stereocenters. The Balaban J connectivity index is 2.24. The number of aliphatic hydroxyl groups is 2. The van der Waals surface area contributed by atoms with Gasteiger partial charge in [0.1, 0.15) is 17.8 Å². The van der Waals surface area contributed by atoms with Gasteiger partial charge >= 0.3 is 0 Å². The Morgan fingerprint density at radius 3 is 2.64 bits per heavy atom. The van der Waals surface area contributed by atoms with Crippen molar-refractivity contribution < 1.29 is 19.7 Å². The van der Waals surface area contributed by atoms with Crippen molar-refractivity contribution >= 4 is 0 Å². The molecule has 64 valence electrons. The minimum absolute atomic E-state index is 0.106. The van der Waals surface area contributed by atoms with Crippen molar-refractivity contribution in [2.75, 3.05) is 13.2 Å². The molecule has 0 aromatic carbocycles. The lowest BCUT2D eigenvalue weighted by molar-refractivity contribution is -0.155. The van der Waals surface area contributed by atoms with Gasteiger partial charge in [-0.15, -0.1) is 0 Å². The molecule has 0 amide bonds. The molecular weight excluding hydrogens is 148 g/mol. The predicted molar refractivity (Wildman–Crippen MR) is 36.1 cm³/mol. The normalized spacial score (nSPS) is 55.4. The smallest absolute Gasteiger partial charge is 0.143 e. The Labute approximate surface area is 64.7 Å². The van der Waals surface area contributed by atoms with E-state index in [1.165, 1.54) is 0 Å². The molecule has 4 heteroatoms. The van der Waals surface area contributed by atoms with Gasteiger partial charge in [-0.2, -0.15) is 0 Å². The van der Waals surface area contributed by atoms with Gasteiger partial charge in [-0.3, -0.25) is 0 Å². The van der Waals surface area contributed by atoms with Crippen LogP contribution in [0.2, 0.25) is 0 Å². The van der Waals surface area contributed by atoms with Crippen LogP contribution in [0, 0.1) is 0 Å². The van der Waals surface area contributed by atoms with Gasteiger partial charge in [-0.25, -0.2) is 0 Å². The number of rotatable bonds is 1. The molecule has 11 heavy (non-hydrogen) atoms. The predicted octanol–water partition coefficient (Wildman–Crippen LogP) is -1.10. The van der Waals surface area contributed by atoms with Crippen LogP contribution in [-0.2, 0) is 9.47 Å². The molecule has 1 unspecified atom stereocenters. The first kappa shape index (κ1) is 7.49. The van der Waals surface area contributed by atoms with Crippen LogP contribution in [0.1, 0.15) is 6.92 Å². The summed E-state index contributed by atoms with van der Waals surface area (Å²) in [7, 11) is 0. The Hall–Kier alpha value is -0.160. The summed E-state index contributed by atoms with van der Waals surface area (Å²) in [5, 5.41) is 18.5. The lowest BCUT2D eigenvalue weighted by atomic mass is 10.0. The second-order valence-corrected chi connectivity index (χ2v) is 3.27. The summed E-state index contributed by atoms with van der Waals surface area (Å²) < 4.78 is 10.6. The van der Waals surface area contributed by atoms with Crippen LogP contribution >= 0.6 is 0 Å². The van der Waals surface area contributed by atoms with Gasteiger partial charge in [0, 0.05) is 0 Å². The van der Waals surface area contributed by atoms with Gasteiger partial charge < -0.3 is 19.7 Å². The Morgan fingerprint density at radius 1 is 1.64 bits per heavy atom. The molecule has 0 radical (unpaired) electrons. The minimum Gasteiger partial charge on any atom is -0.393 e. The maximum Gasteiger partial charge on any atom is 0.143 e. The van der Waals surface area contributed by atoms with Crippen molar-refractivity contribution in [1.82, 2.24) is 0 Å². The lowest BCUT2D eigenvalue weighted by Crippen LogP contribution is -2.44. The zero-order valence-corrected chi connectivity index (χ0v) is 6.36. The monoisotopic (exact) mass is 160 g/mol. The molecule has 0 aromatic heterocycles. The number of fused-ring (bicyclic) bond motifs is 2. The van der Waals surface area contributed by atoms with Crippen molar-refractivity contribution in [3.63, 3.8) is 0 Å². The van der Waals surface area contributed by atoms with Gasteiger partial charge in [0.05, 0.1) is 19.3 Å². The van der Waals surface area contributed by atoms with E-state index in [9.17, 15) is 5.11 Å². The van der Waals surface area contributed by atoms with E-state index in [1.807, 2.05) is 6.92 Å². The number of hydrogen-bond donors (Lipinski definition) is 2. The van der Waals surface area contributed by atoms with E-state index < -0.39 is 11.7 Å². The van der Waals surface area contributed by atoms with Gasteiger partial charge in [-0.1, -0.05) is 0 Å². The fourth-order valence-corrected chi connectivity index (χ4v) is 1.82. The zero-order valence-electron chi connectivity index (χ0n) is 6.36. The van der Waals surface area contributed by atoms with Crippen molar-refractivity contribution in [2.24, 2.45) is 0 Å². The second-order valence-electron chi connectivity index (χ2n) is 3.27. The molecule has 2 rings (SSSR count). The third-order valence-electron chi connectivity index (χ3n) is 2.52. The highest BCUT2D eigenvalue weighted by molar-refractivity contribution is 5.06. The van der Waals surface area contributed by atoms with Crippen LogP contribution in [0.4, 0.5) is 0 Å². The summed E-state index contributed by atoms with van der Waals surface area (Å²) in [5.74, 6) is 0. The SMILES string of the molecule is C[C@H]1O[C@@]2(CO)CO[C@H]1C2O. The van der Waals surface area contributed by atoms with Gasteiger partial charge in [0.2, 0.25) is 0 Å². The average molecular weight is 160 g/mol. The van der Waals surface area contributed by atoms with Crippen molar-refractivity contribution in [3.05, 3.63) is 0 Å². The number of ether oxygens (including phenoxy) is 2. The van der Waals surface area contributed by atoms with E-state index in [0.29, 0.717) is 6.61 Å². The highest BCUT2D eigenvalue weighted by Crippen LogP contribution is 2.39. The molecule has 0 aromatic rings. The maximum absolute atomic E-state index is 9.54. The van der Waals surface area contributed by atoms with Crippen LogP contribution in [0.3, 0.4) is 0 Å². The Kier molecular flexibility index (Phi) is 1.47. The maximum atomic E-state index is 9.54. The highest BCUT2D eigenvalue weighted by atomic mass is 16.6. The number of aliphatic hydroxyl groups excluding tert-OH is 2. The molecule has 2 N–H and O–H groups in total. The fraction of sp³-hybridized carbons (Fsp3) is 1.00. The summed E-state index contributed by atoms with van der Waals surface area (Å²) in [5.41, 5.74) is -0.829. The molecule has 0 spiro atoms. The van der Waals surface area contributed by atoms with E-state index in [1.54, 1.807) is 0 Å². The first-order chi connectivity index (χ1) is 5.19. The molecule has 2 saturated heterocycles. The summed E-state index contributed by atoms with van der Waals surface area (Å²) >= 11 is 0. The van der Waals surface area contributed by atoms with E-state index in [4.69, 9.17) is 14.6 Å². The van der Waals surface area contributed by atoms with E-state index in [-0.39, 0.29) is 18.8 Å². The van der Waals surface area contributed by atoms with Crippen LogP contribution in [0.25, 0.3) is 0 Å². The molecule has 0 saturated carbocycles.